The molecule has 1 rings (SSSR count). The highest BCUT2D eigenvalue weighted by Gasteiger charge is 2.19. The van der Waals surface area contributed by atoms with Gasteiger partial charge >= 0.3 is 5.97 Å². The van der Waals surface area contributed by atoms with Gasteiger partial charge in [0.05, 0.1) is 10.8 Å². The van der Waals surface area contributed by atoms with Crippen LogP contribution in [-0.2, 0) is 14.8 Å². The molecule has 0 aliphatic rings. The minimum absolute atomic E-state index is 0.0387. The molecule has 0 saturated heterocycles. The standard InChI is InChI=1S/C16H24N2O5S/c1-4-5-13(16(20)21)10-17-15(19)12-6-8-14(9-7-12)24(22,23)18-11(2)3/h6-9,11,13,18H,4-5,10H2,1-3H3,(H,17,19)(H,20,21). The number of hydrogen-bond donors (Lipinski definition) is 3. The van der Waals surface area contributed by atoms with Crippen LogP contribution >= 0.6 is 0 Å². The fourth-order valence-corrected chi connectivity index (χ4v) is 3.39. The van der Waals surface area contributed by atoms with Crippen LogP contribution in [0.25, 0.3) is 0 Å². The predicted molar refractivity (Wildman–Crippen MR) is 90.3 cm³/mol. The monoisotopic (exact) mass is 356 g/mol. The molecule has 0 radical (unpaired) electrons. The van der Waals surface area contributed by atoms with E-state index in [2.05, 4.69) is 10.0 Å². The number of carboxylic acids is 1. The Morgan fingerprint density at radius 2 is 1.75 bits per heavy atom. The van der Waals surface area contributed by atoms with Gasteiger partial charge in [0, 0.05) is 18.2 Å². The van der Waals surface area contributed by atoms with E-state index in [0.717, 1.165) is 0 Å². The summed E-state index contributed by atoms with van der Waals surface area (Å²) >= 11 is 0. The van der Waals surface area contributed by atoms with Gasteiger partial charge in [-0.05, 0) is 44.5 Å². The third-order valence-electron chi connectivity index (χ3n) is 3.31. The van der Waals surface area contributed by atoms with E-state index in [0.29, 0.717) is 12.8 Å². The summed E-state index contributed by atoms with van der Waals surface area (Å²) in [6.45, 7) is 5.35. The molecule has 0 bridgehead atoms. The van der Waals surface area contributed by atoms with E-state index in [-0.39, 0.29) is 23.0 Å². The quantitative estimate of drug-likeness (QED) is 0.622. The van der Waals surface area contributed by atoms with Crippen LogP contribution in [0.5, 0.6) is 0 Å². The molecule has 1 amide bonds. The number of rotatable bonds is 9. The van der Waals surface area contributed by atoms with Gasteiger partial charge in [-0.25, -0.2) is 13.1 Å². The summed E-state index contributed by atoms with van der Waals surface area (Å²) in [5.74, 6) is -2.01. The molecular formula is C16H24N2O5S. The Morgan fingerprint density at radius 3 is 2.21 bits per heavy atom. The van der Waals surface area contributed by atoms with Crippen molar-refractivity contribution in [3.63, 3.8) is 0 Å². The van der Waals surface area contributed by atoms with Crippen molar-refractivity contribution < 1.29 is 23.1 Å². The number of carbonyl (C=O) groups is 2. The van der Waals surface area contributed by atoms with E-state index in [4.69, 9.17) is 5.11 Å². The Labute approximate surface area is 142 Å². The molecule has 1 aromatic rings. The molecule has 1 aromatic carbocycles. The van der Waals surface area contributed by atoms with E-state index in [1.807, 2.05) is 6.92 Å². The molecule has 0 heterocycles. The van der Waals surface area contributed by atoms with Crippen molar-refractivity contribution in [3.05, 3.63) is 29.8 Å². The van der Waals surface area contributed by atoms with Crippen molar-refractivity contribution in [2.75, 3.05) is 6.54 Å². The summed E-state index contributed by atoms with van der Waals surface area (Å²) in [7, 11) is -3.61. The highest BCUT2D eigenvalue weighted by Crippen LogP contribution is 2.12. The lowest BCUT2D eigenvalue weighted by atomic mass is 10.0. The fourth-order valence-electron chi connectivity index (χ4n) is 2.14. The molecule has 0 spiro atoms. The first-order valence-electron chi connectivity index (χ1n) is 7.80. The van der Waals surface area contributed by atoms with E-state index in [1.165, 1.54) is 24.3 Å². The van der Waals surface area contributed by atoms with Gasteiger partial charge in [-0.2, -0.15) is 0 Å². The maximum Gasteiger partial charge on any atom is 0.308 e. The zero-order chi connectivity index (χ0) is 18.3. The first kappa shape index (κ1) is 20.1. The normalized spacial score (nSPS) is 12.8. The number of carbonyl (C=O) groups excluding carboxylic acids is 1. The predicted octanol–water partition coefficient (Wildman–Crippen LogP) is 1.60. The second kappa shape index (κ2) is 8.79. The average molecular weight is 356 g/mol. The van der Waals surface area contributed by atoms with Crippen LogP contribution < -0.4 is 10.0 Å². The van der Waals surface area contributed by atoms with Crippen LogP contribution in [0, 0.1) is 5.92 Å². The number of benzene rings is 1. The molecule has 0 aliphatic heterocycles. The summed E-state index contributed by atoms with van der Waals surface area (Å²) in [5.41, 5.74) is 0.277. The van der Waals surface area contributed by atoms with Crippen molar-refractivity contribution in [1.82, 2.24) is 10.0 Å². The Morgan fingerprint density at radius 1 is 1.17 bits per heavy atom. The summed E-state index contributed by atoms with van der Waals surface area (Å²) < 4.78 is 26.5. The van der Waals surface area contributed by atoms with Gasteiger partial charge in [0.1, 0.15) is 0 Å². The van der Waals surface area contributed by atoms with E-state index >= 15 is 0 Å². The summed E-state index contributed by atoms with van der Waals surface area (Å²) in [4.78, 5) is 23.2. The minimum atomic E-state index is -3.61. The van der Waals surface area contributed by atoms with Crippen molar-refractivity contribution in [2.24, 2.45) is 5.92 Å². The van der Waals surface area contributed by atoms with Crippen LogP contribution in [-0.4, -0.2) is 38.0 Å². The lowest BCUT2D eigenvalue weighted by Crippen LogP contribution is -2.33. The topological polar surface area (TPSA) is 113 Å². The lowest BCUT2D eigenvalue weighted by Gasteiger charge is -2.13. The molecule has 0 fully saturated rings. The first-order valence-corrected chi connectivity index (χ1v) is 9.29. The maximum atomic E-state index is 12.0. The van der Waals surface area contributed by atoms with Crippen LogP contribution in [0.15, 0.2) is 29.2 Å². The van der Waals surface area contributed by atoms with Crippen LogP contribution in [0.4, 0.5) is 0 Å². The lowest BCUT2D eigenvalue weighted by molar-refractivity contribution is -0.141. The van der Waals surface area contributed by atoms with Gasteiger partial charge in [-0.3, -0.25) is 9.59 Å². The smallest absolute Gasteiger partial charge is 0.308 e. The zero-order valence-electron chi connectivity index (χ0n) is 14.1. The number of carboxylic acid groups (broad SMARTS) is 1. The number of hydrogen-bond acceptors (Lipinski definition) is 4. The Bertz CT molecular complexity index is 668. The van der Waals surface area contributed by atoms with Gasteiger partial charge in [0.2, 0.25) is 10.0 Å². The van der Waals surface area contributed by atoms with Gasteiger partial charge in [0.25, 0.3) is 5.91 Å². The molecule has 24 heavy (non-hydrogen) atoms. The number of amides is 1. The second-order valence-electron chi connectivity index (χ2n) is 5.83. The third kappa shape index (κ3) is 5.93. The molecule has 134 valence electrons. The first-order chi connectivity index (χ1) is 11.2. The third-order valence-corrected chi connectivity index (χ3v) is 4.99. The van der Waals surface area contributed by atoms with Crippen molar-refractivity contribution in [2.45, 2.75) is 44.6 Å². The molecule has 3 N–H and O–H groups in total. The molecule has 0 aliphatic carbocycles. The Balaban J connectivity index is 2.75. The van der Waals surface area contributed by atoms with Crippen molar-refractivity contribution in [3.8, 4) is 0 Å². The molecule has 7 nitrogen and oxygen atoms in total. The largest absolute Gasteiger partial charge is 0.481 e. The molecule has 8 heteroatoms. The highest BCUT2D eigenvalue weighted by atomic mass is 32.2. The van der Waals surface area contributed by atoms with Gasteiger partial charge in [-0.15, -0.1) is 0 Å². The average Bonchev–Trinajstić information content (AvgIpc) is 2.49. The van der Waals surface area contributed by atoms with Gasteiger partial charge in [-0.1, -0.05) is 13.3 Å². The summed E-state index contributed by atoms with van der Waals surface area (Å²) in [5, 5.41) is 11.6. The van der Waals surface area contributed by atoms with Crippen LogP contribution in [0.2, 0.25) is 0 Å². The second-order valence-corrected chi connectivity index (χ2v) is 7.55. The molecular weight excluding hydrogens is 332 g/mol. The van der Waals surface area contributed by atoms with E-state index in [1.54, 1.807) is 13.8 Å². The number of aliphatic carboxylic acids is 1. The minimum Gasteiger partial charge on any atom is -0.481 e. The SMILES string of the molecule is CCCC(CNC(=O)c1ccc(S(=O)(=O)NC(C)C)cc1)C(=O)O. The van der Waals surface area contributed by atoms with Gasteiger partial charge in [0.15, 0.2) is 0 Å². The summed E-state index contributed by atoms with van der Waals surface area (Å²) in [6, 6.07) is 5.27. The number of nitrogens with one attached hydrogen (secondary N) is 2. The van der Waals surface area contributed by atoms with Gasteiger partial charge < -0.3 is 10.4 Å². The molecule has 0 aromatic heterocycles. The Hall–Kier alpha value is -1.93. The summed E-state index contributed by atoms with van der Waals surface area (Å²) in [6.07, 6.45) is 1.19. The highest BCUT2D eigenvalue weighted by molar-refractivity contribution is 7.89. The van der Waals surface area contributed by atoms with Crippen molar-refractivity contribution in [1.29, 1.82) is 0 Å². The van der Waals surface area contributed by atoms with E-state index < -0.39 is 27.8 Å². The van der Waals surface area contributed by atoms with Crippen LogP contribution in [0.3, 0.4) is 0 Å². The number of sulfonamides is 1. The molecule has 1 atom stereocenters. The van der Waals surface area contributed by atoms with E-state index in [9.17, 15) is 18.0 Å². The molecule has 0 saturated carbocycles. The fraction of sp³-hybridized carbons (Fsp3) is 0.500. The van der Waals surface area contributed by atoms with Crippen molar-refractivity contribution >= 4 is 21.9 Å². The Kier molecular flexibility index (Phi) is 7.37. The maximum absolute atomic E-state index is 12.0. The zero-order valence-corrected chi connectivity index (χ0v) is 14.9. The van der Waals surface area contributed by atoms with Crippen LogP contribution in [0.1, 0.15) is 44.0 Å². The molecule has 1 unspecified atom stereocenters.